The quantitative estimate of drug-likeness (QED) is 0.724. The van der Waals surface area contributed by atoms with Gasteiger partial charge in [0.15, 0.2) is 5.69 Å². The third-order valence-electron chi connectivity index (χ3n) is 3.29. The number of hydrogen-bond acceptors (Lipinski definition) is 4. The molecular formula is C16H12ClN3O2S. The molecule has 116 valence electrons. The Morgan fingerprint density at radius 2 is 1.96 bits per heavy atom. The number of thioether (sulfide) groups is 1. The van der Waals surface area contributed by atoms with Gasteiger partial charge in [-0.3, -0.25) is 0 Å². The zero-order chi connectivity index (χ0) is 16.4. The van der Waals surface area contributed by atoms with Crippen molar-refractivity contribution in [2.75, 3.05) is 6.26 Å². The molecule has 0 atom stereocenters. The Hall–Kier alpha value is -2.31. The van der Waals surface area contributed by atoms with Crippen LogP contribution in [0.1, 0.15) is 10.5 Å². The van der Waals surface area contributed by atoms with Crippen molar-refractivity contribution in [3.63, 3.8) is 0 Å². The van der Waals surface area contributed by atoms with E-state index in [-0.39, 0.29) is 5.69 Å². The Morgan fingerprint density at radius 1 is 1.22 bits per heavy atom. The molecule has 1 N–H and O–H groups in total. The molecule has 0 unspecified atom stereocenters. The molecule has 0 fully saturated rings. The molecule has 3 aromatic rings. The van der Waals surface area contributed by atoms with Crippen LogP contribution in [-0.2, 0) is 0 Å². The molecule has 1 heterocycles. The van der Waals surface area contributed by atoms with Gasteiger partial charge in [-0.15, -0.1) is 16.9 Å². The standard InChI is InChI=1S/C16H12ClN3O2S/c1-23-13-4-2-3-12(9-13)20-15(14(16(21)22)18-19-20)10-5-7-11(17)8-6-10/h2-9H,1H3,(H,21,22). The number of nitrogens with zero attached hydrogens (tertiary/aromatic N) is 3. The van der Waals surface area contributed by atoms with E-state index in [9.17, 15) is 9.90 Å². The van der Waals surface area contributed by atoms with Crippen molar-refractivity contribution in [3.8, 4) is 16.9 Å². The van der Waals surface area contributed by atoms with Gasteiger partial charge < -0.3 is 5.11 Å². The average Bonchev–Trinajstić information content (AvgIpc) is 3.01. The van der Waals surface area contributed by atoms with Crippen LogP contribution in [0.3, 0.4) is 0 Å². The number of aromatic nitrogens is 3. The molecule has 1 aromatic heterocycles. The van der Waals surface area contributed by atoms with E-state index in [4.69, 9.17) is 11.6 Å². The summed E-state index contributed by atoms with van der Waals surface area (Å²) in [4.78, 5) is 12.5. The number of carbonyl (C=O) groups is 1. The summed E-state index contributed by atoms with van der Waals surface area (Å²) < 4.78 is 1.53. The molecule has 0 aliphatic carbocycles. The van der Waals surface area contributed by atoms with E-state index in [1.807, 2.05) is 30.5 Å². The second-order valence-electron chi connectivity index (χ2n) is 4.71. The Labute approximate surface area is 141 Å². The molecular weight excluding hydrogens is 334 g/mol. The summed E-state index contributed by atoms with van der Waals surface area (Å²) in [7, 11) is 0. The summed E-state index contributed by atoms with van der Waals surface area (Å²) in [6, 6.07) is 14.6. The molecule has 0 amide bonds. The molecule has 0 bridgehead atoms. The van der Waals surface area contributed by atoms with Gasteiger partial charge in [0, 0.05) is 15.5 Å². The lowest BCUT2D eigenvalue weighted by molar-refractivity contribution is 0.0691. The van der Waals surface area contributed by atoms with Crippen LogP contribution in [-0.4, -0.2) is 32.3 Å². The van der Waals surface area contributed by atoms with Gasteiger partial charge in [-0.2, -0.15) is 0 Å². The number of halogens is 1. The minimum Gasteiger partial charge on any atom is -0.476 e. The van der Waals surface area contributed by atoms with Gasteiger partial charge in [0.2, 0.25) is 0 Å². The first kappa shape index (κ1) is 15.6. The minimum absolute atomic E-state index is 0.0955. The number of rotatable bonds is 4. The van der Waals surface area contributed by atoms with E-state index in [1.54, 1.807) is 36.0 Å². The summed E-state index contributed by atoms with van der Waals surface area (Å²) >= 11 is 7.51. The second kappa shape index (κ2) is 6.44. The van der Waals surface area contributed by atoms with Crippen LogP contribution >= 0.6 is 23.4 Å². The van der Waals surface area contributed by atoms with Crippen molar-refractivity contribution in [2.45, 2.75) is 4.90 Å². The van der Waals surface area contributed by atoms with E-state index in [0.717, 1.165) is 10.6 Å². The van der Waals surface area contributed by atoms with Gasteiger partial charge in [-0.1, -0.05) is 35.0 Å². The number of carboxylic acids is 1. The van der Waals surface area contributed by atoms with Gasteiger partial charge in [-0.25, -0.2) is 9.48 Å². The highest BCUT2D eigenvalue weighted by Crippen LogP contribution is 2.28. The molecule has 2 aromatic carbocycles. The highest BCUT2D eigenvalue weighted by molar-refractivity contribution is 7.98. The molecule has 3 rings (SSSR count). The summed E-state index contributed by atoms with van der Waals surface area (Å²) in [5, 5.41) is 17.8. The lowest BCUT2D eigenvalue weighted by Gasteiger charge is -2.08. The van der Waals surface area contributed by atoms with Gasteiger partial charge in [0.05, 0.1) is 5.69 Å². The van der Waals surface area contributed by atoms with Crippen LogP contribution in [0.5, 0.6) is 0 Å². The summed E-state index contributed by atoms with van der Waals surface area (Å²) in [6.45, 7) is 0. The van der Waals surface area contributed by atoms with Crippen LogP contribution in [0.25, 0.3) is 16.9 Å². The lowest BCUT2D eigenvalue weighted by Crippen LogP contribution is -2.03. The first-order valence-electron chi connectivity index (χ1n) is 6.69. The zero-order valence-corrected chi connectivity index (χ0v) is 13.7. The molecule has 23 heavy (non-hydrogen) atoms. The average molecular weight is 346 g/mol. The third kappa shape index (κ3) is 3.09. The van der Waals surface area contributed by atoms with Crippen LogP contribution < -0.4 is 0 Å². The Bertz CT molecular complexity index is 862. The Kier molecular flexibility index (Phi) is 4.36. The highest BCUT2D eigenvalue weighted by atomic mass is 35.5. The molecule has 0 aliphatic heterocycles. The van der Waals surface area contributed by atoms with Crippen LogP contribution in [0, 0.1) is 0 Å². The molecule has 5 nitrogen and oxygen atoms in total. The molecule has 0 spiro atoms. The van der Waals surface area contributed by atoms with E-state index >= 15 is 0 Å². The maximum absolute atomic E-state index is 11.5. The first-order valence-corrected chi connectivity index (χ1v) is 8.30. The van der Waals surface area contributed by atoms with Crippen molar-refractivity contribution in [3.05, 3.63) is 59.2 Å². The number of benzene rings is 2. The van der Waals surface area contributed by atoms with Crippen molar-refractivity contribution in [1.29, 1.82) is 0 Å². The zero-order valence-electron chi connectivity index (χ0n) is 12.1. The largest absolute Gasteiger partial charge is 0.476 e. The minimum atomic E-state index is -1.12. The lowest BCUT2D eigenvalue weighted by atomic mass is 10.1. The normalized spacial score (nSPS) is 10.7. The fourth-order valence-electron chi connectivity index (χ4n) is 2.22. The highest BCUT2D eigenvalue weighted by Gasteiger charge is 2.21. The van der Waals surface area contributed by atoms with E-state index in [2.05, 4.69) is 10.3 Å². The fraction of sp³-hybridized carbons (Fsp3) is 0.0625. The van der Waals surface area contributed by atoms with Crippen LogP contribution in [0.2, 0.25) is 5.02 Å². The second-order valence-corrected chi connectivity index (χ2v) is 6.03. The third-order valence-corrected chi connectivity index (χ3v) is 4.27. The van der Waals surface area contributed by atoms with Gasteiger partial charge in [-0.05, 0) is 36.6 Å². The van der Waals surface area contributed by atoms with E-state index in [1.165, 1.54) is 4.68 Å². The number of aromatic carboxylic acids is 1. The van der Waals surface area contributed by atoms with Crippen LogP contribution in [0.15, 0.2) is 53.4 Å². The monoisotopic (exact) mass is 345 g/mol. The van der Waals surface area contributed by atoms with E-state index in [0.29, 0.717) is 16.3 Å². The Balaban J connectivity index is 2.21. The SMILES string of the molecule is CSc1cccc(-n2nnc(C(=O)O)c2-c2ccc(Cl)cc2)c1. The molecule has 0 saturated carbocycles. The summed E-state index contributed by atoms with van der Waals surface area (Å²) in [6.07, 6.45) is 1.98. The first-order chi connectivity index (χ1) is 11.1. The van der Waals surface area contributed by atoms with E-state index < -0.39 is 5.97 Å². The fourth-order valence-corrected chi connectivity index (χ4v) is 2.79. The summed E-state index contributed by atoms with van der Waals surface area (Å²) in [5.41, 5.74) is 1.77. The maximum Gasteiger partial charge on any atom is 0.358 e. The topological polar surface area (TPSA) is 68.0 Å². The van der Waals surface area contributed by atoms with Gasteiger partial charge in [0.25, 0.3) is 0 Å². The molecule has 7 heteroatoms. The van der Waals surface area contributed by atoms with Crippen LogP contribution in [0.4, 0.5) is 0 Å². The number of hydrogen-bond donors (Lipinski definition) is 1. The summed E-state index contributed by atoms with van der Waals surface area (Å²) in [5.74, 6) is -1.12. The van der Waals surface area contributed by atoms with Gasteiger partial charge >= 0.3 is 5.97 Å². The molecule has 0 aliphatic rings. The van der Waals surface area contributed by atoms with Crippen molar-refractivity contribution in [1.82, 2.24) is 15.0 Å². The number of carboxylic acid groups (broad SMARTS) is 1. The predicted molar refractivity (Wildman–Crippen MR) is 90.5 cm³/mol. The van der Waals surface area contributed by atoms with Crippen molar-refractivity contribution < 1.29 is 9.90 Å². The Morgan fingerprint density at radius 3 is 2.61 bits per heavy atom. The van der Waals surface area contributed by atoms with Crippen molar-refractivity contribution in [2.24, 2.45) is 0 Å². The van der Waals surface area contributed by atoms with Gasteiger partial charge in [0.1, 0.15) is 5.69 Å². The smallest absolute Gasteiger partial charge is 0.358 e. The van der Waals surface area contributed by atoms with Crippen molar-refractivity contribution >= 4 is 29.3 Å². The molecule has 0 radical (unpaired) electrons. The maximum atomic E-state index is 11.5. The molecule has 0 saturated heterocycles. The predicted octanol–water partition coefficient (Wildman–Crippen LogP) is 4.01.